The zero-order valence-electron chi connectivity index (χ0n) is 12.3. The normalized spacial score (nSPS) is 16.4. The van der Waals surface area contributed by atoms with Crippen LogP contribution in [-0.2, 0) is 4.79 Å². The quantitative estimate of drug-likeness (QED) is 0.916. The smallest absolute Gasteiger partial charge is 0.244 e. The number of para-hydroxylation sites is 1. The van der Waals surface area contributed by atoms with Gasteiger partial charge in [-0.3, -0.25) is 4.79 Å². The molecule has 2 aromatic rings. The maximum Gasteiger partial charge on any atom is 0.244 e. The van der Waals surface area contributed by atoms with E-state index in [4.69, 9.17) is 10.5 Å². The van der Waals surface area contributed by atoms with Crippen molar-refractivity contribution >= 4 is 24.4 Å². The Hall–Kier alpha value is -2.26. The monoisotopic (exact) mass is 315 g/mol. The van der Waals surface area contributed by atoms with Crippen LogP contribution in [0.4, 0.5) is 0 Å². The van der Waals surface area contributed by atoms with Gasteiger partial charge in [0, 0.05) is 17.6 Å². The first kappa shape index (κ1) is 16.1. The van der Waals surface area contributed by atoms with E-state index in [0.29, 0.717) is 12.0 Å². The van der Waals surface area contributed by atoms with E-state index >= 15 is 0 Å². The Morgan fingerprint density at radius 3 is 2.50 bits per heavy atom. The van der Waals surface area contributed by atoms with Gasteiger partial charge in [-0.15, -0.1) is 12.4 Å². The molecule has 0 bridgehead atoms. The number of aryl methyl sites for hydroxylation is 1. The van der Waals surface area contributed by atoms with Crippen LogP contribution < -0.4 is 10.5 Å². The maximum absolute atomic E-state index is 11.6. The molecule has 4 heteroatoms. The molecule has 2 aromatic carbocycles. The minimum Gasteiger partial charge on any atom is -0.485 e. The summed E-state index contributed by atoms with van der Waals surface area (Å²) in [5.41, 5.74) is 9.21. The summed E-state index contributed by atoms with van der Waals surface area (Å²) in [6, 6.07) is 15.8. The molecule has 1 atom stereocenters. The molecule has 0 aliphatic carbocycles. The second-order valence-electron chi connectivity index (χ2n) is 5.29. The fraction of sp³-hybridized carbons (Fsp3) is 0.167. The molecular formula is C18H18ClNO2. The highest BCUT2D eigenvalue weighted by Crippen LogP contribution is 2.35. The first-order valence-electron chi connectivity index (χ1n) is 6.96. The molecule has 1 aliphatic rings. The van der Waals surface area contributed by atoms with Crippen molar-refractivity contribution in [1.29, 1.82) is 0 Å². The third-order valence-electron chi connectivity index (χ3n) is 3.69. The van der Waals surface area contributed by atoms with Crippen LogP contribution in [0, 0.1) is 6.92 Å². The largest absolute Gasteiger partial charge is 0.485 e. The van der Waals surface area contributed by atoms with Gasteiger partial charge in [-0.1, -0.05) is 48.0 Å². The van der Waals surface area contributed by atoms with Crippen LogP contribution in [-0.4, -0.2) is 5.91 Å². The summed E-state index contributed by atoms with van der Waals surface area (Å²) >= 11 is 0. The Kier molecular flexibility index (Phi) is 4.88. The average Bonchev–Trinajstić information content (AvgIpc) is 2.67. The first-order chi connectivity index (χ1) is 10.1. The summed E-state index contributed by atoms with van der Waals surface area (Å²) in [6.07, 6.45) is 2.10. The van der Waals surface area contributed by atoms with Crippen LogP contribution >= 0.6 is 12.4 Å². The Morgan fingerprint density at radius 2 is 1.82 bits per heavy atom. The molecule has 0 aromatic heterocycles. The SMILES string of the molecule is Cc1ccc(C2CC(C(N)=O)=Cc3ccccc3O2)cc1.Cl. The molecule has 1 amide bonds. The minimum atomic E-state index is -0.396. The highest BCUT2D eigenvalue weighted by Gasteiger charge is 2.22. The number of nitrogens with two attached hydrogens (primary N) is 1. The molecule has 0 saturated carbocycles. The van der Waals surface area contributed by atoms with Gasteiger partial charge in [-0.05, 0) is 24.6 Å². The van der Waals surface area contributed by atoms with Gasteiger partial charge in [-0.25, -0.2) is 0 Å². The van der Waals surface area contributed by atoms with Crippen LogP contribution in [0.2, 0.25) is 0 Å². The molecule has 3 rings (SSSR count). The van der Waals surface area contributed by atoms with Crippen LogP contribution in [0.1, 0.15) is 29.2 Å². The van der Waals surface area contributed by atoms with Gasteiger partial charge >= 0.3 is 0 Å². The number of carbonyl (C=O) groups is 1. The van der Waals surface area contributed by atoms with E-state index in [1.54, 1.807) is 0 Å². The van der Waals surface area contributed by atoms with Gasteiger partial charge < -0.3 is 10.5 Å². The Bertz CT molecular complexity index is 707. The van der Waals surface area contributed by atoms with Crippen LogP contribution in [0.25, 0.3) is 6.08 Å². The lowest BCUT2D eigenvalue weighted by molar-refractivity contribution is -0.114. The van der Waals surface area contributed by atoms with Crippen molar-refractivity contribution in [2.24, 2.45) is 5.73 Å². The summed E-state index contributed by atoms with van der Waals surface area (Å²) in [6.45, 7) is 2.04. The van der Waals surface area contributed by atoms with E-state index in [9.17, 15) is 4.79 Å². The van der Waals surface area contributed by atoms with Crippen molar-refractivity contribution < 1.29 is 9.53 Å². The molecule has 0 saturated heterocycles. The van der Waals surface area contributed by atoms with Gasteiger partial charge in [0.1, 0.15) is 11.9 Å². The highest BCUT2D eigenvalue weighted by molar-refractivity contribution is 5.97. The van der Waals surface area contributed by atoms with Crippen LogP contribution in [0.5, 0.6) is 5.75 Å². The number of primary amides is 1. The van der Waals surface area contributed by atoms with Gasteiger partial charge in [0.2, 0.25) is 5.91 Å². The third kappa shape index (κ3) is 3.31. The summed E-state index contributed by atoms with van der Waals surface area (Å²) in [5, 5.41) is 0. The summed E-state index contributed by atoms with van der Waals surface area (Å²) in [5.74, 6) is 0.381. The van der Waals surface area contributed by atoms with E-state index in [2.05, 4.69) is 0 Å². The molecular weight excluding hydrogens is 298 g/mol. The average molecular weight is 316 g/mol. The molecule has 22 heavy (non-hydrogen) atoms. The van der Waals surface area contributed by atoms with Crippen LogP contribution in [0.3, 0.4) is 0 Å². The van der Waals surface area contributed by atoms with Gasteiger partial charge in [-0.2, -0.15) is 0 Å². The summed E-state index contributed by atoms with van der Waals surface area (Å²) < 4.78 is 6.10. The standard InChI is InChI=1S/C18H17NO2.ClH/c1-12-6-8-13(9-7-12)17-11-15(18(19)20)10-14-4-2-3-5-16(14)21-17;/h2-10,17H,11H2,1H3,(H2,19,20);1H. The molecule has 1 unspecified atom stereocenters. The molecule has 0 fully saturated rings. The van der Waals surface area contributed by atoms with Crippen molar-refractivity contribution in [1.82, 2.24) is 0 Å². The zero-order chi connectivity index (χ0) is 14.8. The lowest BCUT2D eigenvalue weighted by Crippen LogP contribution is -2.17. The predicted molar refractivity (Wildman–Crippen MR) is 90.0 cm³/mol. The van der Waals surface area contributed by atoms with E-state index in [0.717, 1.165) is 16.9 Å². The first-order valence-corrected chi connectivity index (χ1v) is 6.96. The Morgan fingerprint density at radius 1 is 1.14 bits per heavy atom. The lowest BCUT2D eigenvalue weighted by atomic mass is 9.99. The number of hydrogen-bond donors (Lipinski definition) is 1. The molecule has 1 heterocycles. The Balaban J connectivity index is 0.00000176. The van der Waals surface area contributed by atoms with Crippen molar-refractivity contribution in [3.05, 3.63) is 70.8 Å². The fourth-order valence-electron chi connectivity index (χ4n) is 2.49. The Labute approximate surface area is 136 Å². The maximum atomic E-state index is 11.6. The van der Waals surface area contributed by atoms with Crippen molar-refractivity contribution in [3.8, 4) is 5.75 Å². The number of amides is 1. The number of carbonyl (C=O) groups excluding carboxylic acids is 1. The van der Waals surface area contributed by atoms with E-state index in [1.807, 2.05) is 61.5 Å². The second-order valence-corrected chi connectivity index (χ2v) is 5.29. The molecule has 3 nitrogen and oxygen atoms in total. The number of ether oxygens (including phenoxy) is 1. The fourth-order valence-corrected chi connectivity index (χ4v) is 2.49. The van der Waals surface area contributed by atoms with E-state index < -0.39 is 5.91 Å². The van der Waals surface area contributed by atoms with Crippen molar-refractivity contribution in [3.63, 3.8) is 0 Å². The predicted octanol–water partition coefficient (Wildman–Crippen LogP) is 3.81. The van der Waals surface area contributed by atoms with Gasteiger partial charge in [0.25, 0.3) is 0 Å². The number of rotatable bonds is 2. The highest BCUT2D eigenvalue weighted by atomic mass is 35.5. The third-order valence-corrected chi connectivity index (χ3v) is 3.69. The molecule has 0 spiro atoms. The number of fused-ring (bicyclic) bond motifs is 1. The van der Waals surface area contributed by atoms with Crippen molar-refractivity contribution in [2.45, 2.75) is 19.4 Å². The second kappa shape index (κ2) is 6.67. The van der Waals surface area contributed by atoms with Crippen LogP contribution in [0.15, 0.2) is 54.1 Å². The van der Waals surface area contributed by atoms with Gasteiger partial charge in [0.05, 0.1) is 0 Å². The molecule has 0 radical (unpaired) electrons. The van der Waals surface area contributed by atoms with Gasteiger partial charge in [0.15, 0.2) is 0 Å². The number of benzene rings is 2. The van der Waals surface area contributed by atoms with E-state index in [-0.39, 0.29) is 18.5 Å². The number of halogens is 1. The van der Waals surface area contributed by atoms with Crippen molar-refractivity contribution in [2.75, 3.05) is 0 Å². The summed E-state index contributed by atoms with van der Waals surface area (Å²) in [4.78, 5) is 11.6. The molecule has 114 valence electrons. The summed E-state index contributed by atoms with van der Waals surface area (Å²) in [7, 11) is 0. The molecule has 1 aliphatic heterocycles. The molecule has 2 N–H and O–H groups in total. The van der Waals surface area contributed by atoms with E-state index in [1.165, 1.54) is 5.56 Å². The topological polar surface area (TPSA) is 52.3 Å². The number of hydrogen-bond acceptors (Lipinski definition) is 2. The minimum absolute atomic E-state index is 0. The zero-order valence-corrected chi connectivity index (χ0v) is 13.1. The lowest BCUT2D eigenvalue weighted by Gasteiger charge is -2.19.